The number of methoxy groups -OCH3 is 1. The van der Waals surface area contributed by atoms with Gasteiger partial charge in [-0.15, -0.1) is 0 Å². The van der Waals surface area contributed by atoms with Crippen LogP contribution in [0, 0.1) is 5.82 Å². The SMILES string of the molecule is COc1ccc(F)cc1CC(=O)N1CCCC(O)C1. The molecule has 1 heterocycles. The molecule has 0 saturated carbocycles. The Morgan fingerprint density at radius 1 is 1.58 bits per heavy atom. The fraction of sp³-hybridized carbons (Fsp3) is 0.500. The molecule has 1 aliphatic heterocycles. The molecule has 0 spiro atoms. The van der Waals surface area contributed by atoms with Crippen molar-refractivity contribution in [3.8, 4) is 5.75 Å². The van der Waals surface area contributed by atoms with Gasteiger partial charge in [0.1, 0.15) is 11.6 Å². The first-order valence-electron chi connectivity index (χ1n) is 6.38. The Morgan fingerprint density at radius 3 is 3.05 bits per heavy atom. The molecular formula is C14H18FNO3. The summed E-state index contributed by atoms with van der Waals surface area (Å²) in [6, 6.07) is 4.14. The van der Waals surface area contributed by atoms with E-state index in [0.717, 1.165) is 12.8 Å². The third-order valence-corrected chi connectivity index (χ3v) is 3.33. The molecule has 19 heavy (non-hydrogen) atoms. The molecule has 0 aliphatic carbocycles. The lowest BCUT2D eigenvalue weighted by atomic mass is 10.1. The molecule has 4 nitrogen and oxygen atoms in total. The van der Waals surface area contributed by atoms with Crippen LogP contribution in [0.15, 0.2) is 18.2 Å². The van der Waals surface area contributed by atoms with Gasteiger partial charge < -0.3 is 14.7 Å². The number of rotatable bonds is 3. The summed E-state index contributed by atoms with van der Waals surface area (Å²) in [6.07, 6.45) is 1.17. The van der Waals surface area contributed by atoms with E-state index in [0.29, 0.717) is 24.4 Å². The Balaban J connectivity index is 2.07. The van der Waals surface area contributed by atoms with Crippen LogP contribution < -0.4 is 4.74 Å². The molecule has 1 N–H and O–H groups in total. The number of aliphatic hydroxyl groups is 1. The average molecular weight is 267 g/mol. The van der Waals surface area contributed by atoms with Gasteiger partial charge in [0.2, 0.25) is 5.91 Å². The van der Waals surface area contributed by atoms with Crippen LogP contribution in [0.3, 0.4) is 0 Å². The normalized spacial score (nSPS) is 19.3. The smallest absolute Gasteiger partial charge is 0.227 e. The summed E-state index contributed by atoms with van der Waals surface area (Å²) in [5.74, 6) is 0.0113. The van der Waals surface area contributed by atoms with Crippen molar-refractivity contribution in [2.75, 3.05) is 20.2 Å². The minimum atomic E-state index is -0.452. The zero-order valence-corrected chi connectivity index (χ0v) is 10.9. The molecule has 1 fully saturated rings. The molecule has 1 aromatic carbocycles. The maximum atomic E-state index is 13.2. The molecule has 0 aromatic heterocycles. The molecule has 1 aromatic rings. The van der Waals surface area contributed by atoms with Crippen LogP contribution in [0.1, 0.15) is 18.4 Å². The molecule has 5 heteroatoms. The monoisotopic (exact) mass is 267 g/mol. The van der Waals surface area contributed by atoms with E-state index >= 15 is 0 Å². The highest BCUT2D eigenvalue weighted by Gasteiger charge is 2.22. The van der Waals surface area contributed by atoms with Crippen LogP contribution in [-0.2, 0) is 11.2 Å². The number of amides is 1. The van der Waals surface area contributed by atoms with Crippen molar-refractivity contribution in [1.82, 2.24) is 4.90 Å². The number of piperidine rings is 1. The second kappa shape index (κ2) is 6.02. The minimum Gasteiger partial charge on any atom is -0.496 e. The van der Waals surface area contributed by atoms with Gasteiger partial charge in [-0.05, 0) is 31.0 Å². The van der Waals surface area contributed by atoms with Gasteiger partial charge in [-0.2, -0.15) is 0 Å². The Hall–Kier alpha value is -1.62. The second-order valence-corrected chi connectivity index (χ2v) is 4.77. The lowest BCUT2D eigenvalue weighted by Crippen LogP contribution is -2.42. The molecule has 104 valence electrons. The summed E-state index contributed by atoms with van der Waals surface area (Å²) >= 11 is 0. The van der Waals surface area contributed by atoms with Crippen molar-refractivity contribution < 1.29 is 19.0 Å². The minimum absolute atomic E-state index is 0.0909. The Bertz CT molecular complexity index is 464. The van der Waals surface area contributed by atoms with Gasteiger partial charge in [-0.3, -0.25) is 4.79 Å². The number of benzene rings is 1. The number of β-amino-alcohol motifs (C(OH)–C–C–N with tert-alkyl or cyclic N) is 1. The predicted octanol–water partition coefficient (Wildman–Crippen LogP) is 1.36. The molecule has 0 bridgehead atoms. The maximum Gasteiger partial charge on any atom is 0.227 e. The third-order valence-electron chi connectivity index (χ3n) is 3.33. The highest BCUT2D eigenvalue weighted by Crippen LogP contribution is 2.21. The van der Waals surface area contributed by atoms with Gasteiger partial charge in [0.15, 0.2) is 0 Å². The molecule has 0 radical (unpaired) electrons. The quantitative estimate of drug-likeness (QED) is 0.899. The number of aliphatic hydroxyl groups excluding tert-OH is 1. The van der Waals surface area contributed by atoms with Crippen LogP contribution in [0.4, 0.5) is 4.39 Å². The summed E-state index contributed by atoms with van der Waals surface area (Å²) < 4.78 is 18.3. The van der Waals surface area contributed by atoms with E-state index < -0.39 is 6.10 Å². The van der Waals surface area contributed by atoms with E-state index in [1.54, 1.807) is 4.90 Å². The zero-order valence-electron chi connectivity index (χ0n) is 10.9. The van der Waals surface area contributed by atoms with Gasteiger partial charge in [0.25, 0.3) is 0 Å². The Morgan fingerprint density at radius 2 is 2.37 bits per heavy atom. The molecule has 1 atom stereocenters. The zero-order chi connectivity index (χ0) is 13.8. The first kappa shape index (κ1) is 13.8. The Kier molecular flexibility index (Phi) is 4.37. The van der Waals surface area contributed by atoms with Gasteiger partial charge in [0.05, 0.1) is 19.6 Å². The predicted molar refractivity (Wildman–Crippen MR) is 68.5 cm³/mol. The van der Waals surface area contributed by atoms with Crippen LogP contribution in [0.2, 0.25) is 0 Å². The van der Waals surface area contributed by atoms with E-state index in [9.17, 15) is 14.3 Å². The average Bonchev–Trinajstić information content (AvgIpc) is 2.39. The van der Waals surface area contributed by atoms with Gasteiger partial charge in [-0.25, -0.2) is 4.39 Å². The third kappa shape index (κ3) is 3.44. The molecule has 1 aliphatic rings. The van der Waals surface area contributed by atoms with E-state index in [-0.39, 0.29) is 18.1 Å². The maximum absolute atomic E-state index is 13.2. The molecular weight excluding hydrogens is 249 g/mol. The highest BCUT2D eigenvalue weighted by molar-refractivity contribution is 5.79. The first-order chi connectivity index (χ1) is 9.10. The first-order valence-corrected chi connectivity index (χ1v) is 6.38. The number of likely N-dealkylation sites (tertiary alicyclic amines) is 1. The largest absolute Gasteiger partial charge is 0.496 e. The number of halogens is 1. The van der Waals surface area contributed by atoms with Crippen molar-refractivity contribution >= 4 is 5.91 Å². The fourth-order valence-electron chi connectivity index (χ4n) is 2.34. The summed E-state index contributed by atoms with van der Waals surface area (Å²) in [5.41, 5.74) is 0.535. The van der Waals surface area contributed by atoms with Crippen LogP contribution in [0.5, 0.6) is 5.75 Å². The highest BCUT2D eigenvalue weighted by atomic mass is 19.1. The van der Waals surface area contributed by atoms with Crippen LogP contribution in [0.25, 0.3) is 0 Å². The van der Waals surface area contributed by atoms with E-state index in [1.165, 1.54) is 25.3 Å². The van der Waals surface area contributed by atoms with E-state index in [4.69, 9.17) is 4.74 Å². The molecule has 1 unspecified atom stereocenters. The lowest BCUT2D eigenvalue weighted by Gasteiger charge is -2.30. The number of nitrogens with zero attached hydrogens (tertiary/aromatic N) is 1. The number of hydrogen-bond acceptors (Lipinski definition) is 3. The van der Waals surface area contributed by atoms with Crippen molar-refractivity contribution in [1.29, 1.82) is 0 Å². The number of hydrogen-bond donors (Lipinski definition) is 1. The van der Waals surface area contributed by atoms with Crippen molar-refractivity contribution in [2.45, 2.75) is 25.4 Å². The van der Waals surface area contributed by atoms with Crippen LogP contribution >= 0.6 is 0 Å². The van der Waals surface area contributed by atoms with Gasteiger partial charge >= 0.3 is 0 Å². The molecule has 1 saturated heterocycles. The summed E-state index contributed by atoms with van der Waals surface area (Å²) in [5, 5.41) is 9.56. The fourth-order valence-corrected chi connectivity index (χ4v) is 2.34. The summed E-state index contributed by atoms with van der Waals surface area (Å²) in [4.78, 5) is 13.8. The van der Waals surface area contributed by atoms with E-state index in [1.807, 2.05) is 0 Å². The molecule has 2 rings (SSSR count). The summed E-state index contributed by atoms with van der Waals surface area (Å²) in [7, 11) is 1.49. The van der Waals surface area contributed by atoms with Crippen molar-refractivity contribution in [3.05, 3.63) is 29.6 Å². The number of carbonyl (C=O) groups is 1. The second-order valence-electron chi connectivity index (χ2n) is 4.77. The number of carbonyl (C=O) groups excluding carboxylic acids is 1. The lowest BCUT2D eigenvalue weighted by molar-refractivity contribution is -0.133. The number of ether oxygens (including phenoxy) is 1. The topological polar surface area (TPSA) is 49.8 Å². The standard InChI is InChI=1S/C14H18FNO3/c1-19-13-5-4-11(15)7-10(13)8-14(18)16-6-2-3-12(17)9-16/h4-5,7,12,17H,2-3,6,8-9H2,1H3. The Labute approximate surface area is 111 Å². The molecule has 1 amide bonds. The van der Waals surface area contributed by atoms with Crippen LogP contribution in [-0.4, -0.2) is 42.2 Å². The van der Waals surface area contributed by atoms with Crippen molar-refractivity contribution in [2.24, 2.45) is 0 Å². The van der Waals surface area contributed by atoms with Gasteiger partial charge in [-0.1, -0.05) is 0 Å². The summed E-state index contributed by atoms with van der Waals surface area (Å²) in [6.45, 7) is 1.00. The van der Waals surface area contributed by atoms with Gasteiger partial charge in [0, 0.05) is 18.7 Å². The van der Waals surface area contributed by atoms with E-state index in [2.05, 4.69) is 0 Å². The van der Waals surface area contributed by atoms with Crippen molar-refractivity contribution in [3.63, 3.8) is 0 Å².